The molecule has 3 aliphatic heterocycles. The van der Waals surface area contributed by atoms with Crippen LogP contribution in [0.25, 0.3) is 0 Å². The van der Waals surface area contributed by atoms with E-state index in [2.05, 4.69) is 13.8 Å². The number of fused-ring (bicyclic) bond motifs is 3. The minimum Gasteiger partial charge on any atom is -0.472 e. The number of hydrogen-bond donors (Lipinski definition) is 0. The van der Waals surface area contributed by atoms with Crippen molar-refractivity contribution in [3.63, 3.8) is 0 Å². The van der Waals surface area contributed by atoms with Crippen LogP contribution >= 0.6 is 0 Å². The van der Waals surface area contributed by atoms with E-state index in [1.165, 1.54) is 13.8 Å². The summed E-state index contributed by atoms with van der Waals surface area (Å²) in [4.78, 5) is 51.5. The molecule has 1 unspecified atom stereocenters. The summed E-state index contributed by atoms with van der Waals surface area (Å²) in [6.07, 6.45) is 1.72. The number of esters is 4. The molecule has 10 heteroatoms. The second-order valence-electron chi connectivity index (χ2n) is 13.5. The van der Waals surface area contributed by atoms with Crippen LogP contribution in [0.4, 0.5) is 0 Å². The van der Waals surface area contributed by atoms with E-state index in [1.54, 1.807) is 18.6 Å². The molecule has 1 spiro atoms. The van der Waals surface area contributed by atoms with E-state index in [-0.39, 0.29) is 18.3 Å². The zero-order valence-corrected chi connectivity index (χ0v) is 24.1. The fraction of sp³-hybridized carbons (Fsp3) is 0.733. The van der Waals surface area contributed by atoms with E-state index in [9.17, 15) is 19.2 Å². The average Bonchev–Trinajstić information content (AvgIpc) is 3.42. The van der Waals surface area contributed by atoms with Gasteiger partial charge in [-0.1, -0.05) is 20.8 Å². The van der Waals surface area contributed by atoms with Crippen molar-refractivity contribution < 1.29 is 47.3 Å². The van der Waals surface area contributed by atoms with Crippen molar-refractivity contribution in [1.82, 2.24) is 0 Å². The van der Waals surface area contributed by atoms with Crippen molar-refractivity contribution >= 4 is 23.9 Å². The van der Waals surface area contributed by atoms with Crippen LogP contribution in [0.15, 0.2) is 23.0 Å². The van der Waals surface area contributed by atoms with E-state index < -0.39 is 75.7 Å². The van der Waals surface area contributed by atoms with Gasteiger partial charge < -0.3 is 28.1 Å². The van der Waals surface area contributed by atoms with Crippen LogP contribution in [0, 0.1) is 28.1 Å². The second kappa shape index (κ2) is 8.33. The van der Waals surface area contributed by atoms with Gasteiger partial charge in [-0.05, 0) is 45.1 Å². The van der Waals surface area contributed by atoms with E-state index in [4.69, 9.17) is 28.1 Å². The van der Waals surface area contributed by atoms with E-state index >= 15 is 0 Å². The van der Waals surface area contributed by atoms with Crippen molar-refractivity contribution in [3.05, 3.63) is 24.2 Å². The quantitative estimate of drug-likeness (QED) is 0.304. The van der Waals surface area contributed by atoms with Crippen LogP contribution in [0.2, 0.25) is 0 Å². The lowest BCUT2D eigenvalue weighted by atomic mass is 9.36. The fourth-order valence-electron chi connectivity index (χ4n) is 9.88. The van der Waals surface area contributed by atoms with Gasteiger partial charge >= 0.3 is 23.9 Å². The minimum absolute atomic E-state index is 0.0882. The van der Waals surface area contributed by atoms with Crippen LogP contribution in [-0.4, -0.2) is 53.4 Å². The average molecular weight is 559 g/mol. The Morgan fingerprint density at radius 1 is 0.950 bits per heavy atom. The summed E-state index contributed by atoms with van der Waals surface area (Å²) >= 11 is 0. The SMILES string of the molecule is CC(=O)OC1CC(=O)OC(C)(C)[C@@H]2C[C@@H](OC(C)=O)[C@]3(C)[C@H](CC[C@@]4(C)[C@H](c5ccoc5)OC(=O)[C@H]5O[C@@]534)[C@@]12C. The molecule has 1 aromatic heterocycles. The van der Waals surface area contributed by atoms with Gasteiger partial charge in [-0.3, -0.25) is 14.4 Å². The predicted molar refractivity (Wildman–Crippen MR) is 136 cm³/mol. The maximum atomic E-state index is 13.4. The molecule has 0 bridgehead atoms. The molecule has 10 atom stereocenters. The lowest BCUT2D eigenvalue weighted by Gasteiger charge is -2.68. The van der Waals surface area contributed by atoms with E-state index in [0.717, 1.165) is 5.56 Å². The van der Waals surface area contributed by atoms with Gasteiger partial charge in [-0.25, -0.2) is 4.79 Å². The summed E-state index contributed by atoms with van der Waals surface area (Å²) in [5.74, 6) is -2.43. The Kier molecular flexibility index (Phi) is 5.69. The lowest BCUT2D eigenvalue weighted by molar-refractivity contribution is -0.277. The highest BCUT2D eigenvalue weighted by atomic mass is 16.7. The van der Waals surface area contributed by atoms with Gasteiger partial charge in [0, 0.05) is 41.6 Å². The molecule has 10 nitrogen and oxygen atoms in total. The molecule has 218 valence electrons. The number of cyclic esters (lactones) is 2. The maximum Gasteiger partial charge on any atom is 0.339 e. The summed E-state index contributed by atoms with van der Waals surface area (Å²) in [7, 11) is 0. The van der Waals surface area contributed by atoms with Gasteiger partial charge in [-0.15, -0.1) is 0 Å². The molecule has 1 aromatic rings. The molecule has 5 aliphatic rings. The first-order chi connectivity index (χ1) is 18.6. The van der Waals surface area contributed by atoms with Crippen molar-refractivity contribution in [2.45, 2.75) is 110 Å². The number of furan rings is 1. The summed E-state index contributed by atoms with van der Waals surface area (Å²) in [5.41, 5.74) is -3.57. The van der Waals surface area contributed by atoms with Crippen molar-refractivity contribution in [3.8, 4) is 0 Å². The molecule has 6 rings (SSSR count). The first-order valence-electron chi connectivity index (χ1n) is 14.1. The van der Waals surface area contributed by atoms with Crippen LogP contribution in [0.1, 0.15) is 85.8 Å². The van der Waals surface area contributed by atoms with Crippen LogP contribution in [0.3, 0.4) is 0 Å². The molecule has 40 heavy (non-hydrogen) atoms. The summed E-state index contributed by atoms with van der Waals surface area (Å²) in [6, 6.07) is 1.79. The Morgan fingerprint density at radius 3 is 2.25 bits per heavy atom. The number of ether oxygens (including phenoxy) is 5. The summed E-state index contributed by atoms with van der Waals surface area (Å²) < 4.78 is 36.0. The standard InChI is InChI=1S/C30H38O10/c1-15(31)36-20-13-22(33)39-26(3,4)19-12-21(37-16(2)32)29(7)18(28(19,20)6)8-10-27(5)23(17-9-11-35-14-17)38-25(34)24-30(27,29)40-24/h9,11,14,18-21,23-24H,8,10,12-13H2,1-7H3/t18-,19+,20?,21-,23+,24-,27+,28-,29+,30-/m1/s1. The Labute approximate surface area is 233 Å². The van der Waals surface area contributed by atoms with Gasteiger partial charge in [0.25, 0.3) is 0 Å². The van der Waals surface area contributed by atoms with Gasteiger partial charge in [-0.2, -0.15) is 0 Å². The maximum absolute atomic E-state index is 13.4. The third-order valence-corrected chi connectivity index (χ3v) is 11.3. The number of carbonyl (C=O) groups excluding carboxylic acids is 4. The van der Waals surface area contributed by atoms with Gasteiger partial charge in [0.2, 0.25) is 0 Å². The highest BCUT2D eigenvalue weighted by molar-refractivity contribution is 5.82. The Hall–Kier alpha value is -2.88. The highest BCUT2D eigenvalue weighted by Crippen LogP contribution is 2.79. The lowest BCUT2D eigenvalue weighted by Crippen LogP contribution is -2.74. The smallest absolute Gasteiger partial charge is 0.339 e. The molecule has 0 N–H and O–H groups in total. The largest absolute Gasteiger partial charge is 0.472 e. The van der Waals surface area contributed by atoms with Crippen LogP contribution in [0.5, 0.6) is 0 Å². The van der Waals surface area contributed by atoms with E-state index in [1.807, 2.05) is 20.8 Å². The van der Waals surface area contributed by atoms with Crippen molar-refractivity contribution in [2.24, 2.45) is 28.1 Å². The summed E-state index contributed by atoms with van der Waals surface area (Å²) in [5, 5.41) is 0. The first kappa shape index (κ1) is 27.3. The zero-order chi connectivity index (χ0) is 29.0. The van der Waals surface area contributed by atoms with Crippen molar-refractivity contribution in [1.29, 1.82) is 0 Å². The fourth-order valence-corrected chi connectivity index (χ4v) is 9.88. The third-order valence-electron chi connectivity index (χ3n) is 11.3. The topological polar surface area (TPSA) is 131 Å². The van der Waals surface area contributed by atoms with Crippen LogP contribution < -0.4 is 0 Å². The van der Waals surface area contributed by atoms with Gasteiger partial charge in [0.15, 0.2) is 6.10 Å². The summed E-state index contributed by atoms with van der Waals surface area (Å²) in [6.45, 7) is 12.6. The Balaban J connectivity index is 1.57. The number of epoxide rings is 1. The molecular formula is C30H38O10. The number of hydrogen-bond acceptors (Lipinski definition) is 10. The van der Waals surface area contributed by atoms with Gasteiger partial charge in [0.05, 0.1) is 18.9 Å². The third kappa shape index (κ3) is 3.25. The Morgan fingerprint density at radius 2 is 1.62 bits per heavy atom. The molecule has 2 saturated carbocycles. The molecule has 2 aliphatic carbocycles. The first-order valence-corrected chi connectivity index (χ1v) is 14.1. The normalized spacial score (nSPS) is 46.7. The zero-order valence-electron chi connectivity index (χ0n) is 24.1. The minimum atomic E-state index is -1.03. The van der Waals surface area contributed by atoms with Crippen LogP contribution in [-0.2, 0) is 42.9 Å². The molecule has 0 radical (unpaired) electrons. The molecule has 3 saturated heterocycles. The molecule has 0 amide bonds. The molecular weight excluding hydrogens is 520 g/mol. The molecule has 5 fully saturated rings. The van der Waals surface area contributed by atoms with Gasteiger partial charge in [0.1, 0.15) is 29.5 Å². The number of rotatable bonds is 3. The molecule has 0 aromatic carbocycles. The monoisotopic (exact) mass is 558 g/mol. The Bertz CT molecular complexity index is 1270. The number of carbonyl (C=O) groups is 4. The second-order valence-corrected chi connectivity index (χ2v) is 13.5. The predicted octanol–water partition coefficient (Wildman–Crippen LogP) is 4.05. The van der Waals surface area contributed by atoms with E-state index in [0.29, 0.717) is 19.3 Å². The van der Waals surface area contributed by atoms with Crippen molar-refractivity contribution in [2.75, 3.05) is 0 Å². The highest BCUT2D eigenvalue weighted by Gasteiger charge is 2.89. The molecule has 4 heterocycles.